The summed E-state index contributed by atoms with van der Waals surface area (Å²) >= 11 is 0. The average molecular weight is 290 g/mol. The fourth-order valence-electron chi connectivity index (χ4n) is 1.87. The Morgan fingerprint density at radius 3 is 3.05 bits per heavy atom. The molecule has 0 saturated carbocycles. The Labute approximate surface area is 127 Å². The number of nitrogens with one attached hydrogen (secondary N) is 1. The minimum absolute atomic E-state index is 0.604. The van der Waals surface area contributed by atoms with E-state index in [1.54, 1.807) is 13.3 Å². The fraction of sp³-hybridized carbons (Fsp3) is 0.500. The molecule has 1 aromatic rings. The van der Waals surface area contributed by atoms with Gasteiger partial charge in [0.05, 0.1) is 13.7 Å². The first-order valence-corrected chi connectivity index (χ1v) is 7.30. The van der Waals surface area contributed by atoms with Crippen molar-refractivity contribution in [1.29, 1.82) is 0 Å². The molecule has 0 aromatic carbocycles. The number of ether oxygens (including phenoxy) is 1. The van der Waals surface area contributed by atoms with Crippen LogP contribution in [0.1, 0.15) is 25.3 Å². The molecular formula is C16H26N4O. The lowest BCUT2D eigenvalue weighted by Crippen LogP contribution is -2.39. The molecule has 0 atom stereocenters. The van der Waals surface area contributed by atoms with Crippen molar-refractivity contribution in [3.8, 4) is 5.88 Å². The number of hydrogen-bond acceptors (Lipinski definition) is 3. The molecule has 0 bridgehead atoms. The van der Waals surface area contributed by atoms with E-state index in [9.17, 15) is 0 Å². The first-order valence-electron chi connectivity index (χ1n) is 7.30. The molecule has 0 aliphatic carbocycles. The second-order valence-corrected chi connectivity index (χ2v) is 4.73. The molecule has 1 N–H and O–H groups in total. The van der Waals surface area contributed by atoms with Gasteiger partial charge in [-0.1, -0.05) is 6.08 Å². The highest BCUT2D eigenvalue weighted by Crippen LogP contribution is 2.09. The van der Waals surface area contributed by atoms with E-state index in [2.05, 4.69) is 40.7 Å². The molecule has 0 saturated heterocycles. The van der Waals surface area contributed by atoms with Gasteiger partial charge in [0.1, 0.15) is 0 Å². The molecule has 0 unspecified atom stereocenters. The van der Waals surface area contributed by atoms with Crippen molar-refractivity contribution in [3.63, 3.8) is 0 Å². The van der Waals surface area contributed by atoms with E-state index in [4.69, 9.17) is 4.74 Å². The molecule has 1 rings (SSSR count). The van der Waals surface area contributed by atoms with Crippen LogP contribution in [0.3, 0.4) is 0 Å². The molecule has 0 amide bonds. The van der Waals surface area contributed by atoms with E-state index < -0.39 is 0 Å². The molecule has 0 spiro atoms. The maximum atomic E-state index is 5.13. The molecule has 0 radical (unpaired) electrons. The maximum Gasteiger partial charge on any atom is 0.213 e. The number of rotatable bonds is 8. The number of aliphatic imine (C=N–C) groups is 1. The van der Waals surface area contributed by atoms with Crippen molar-refractivity contribution in [3.05, 3.63) is 36.5 Å². The summed E-state index contributed by atoms with van der Waals surface area (Å²) in [6, 6.07) is 3.86. The predicted molar refractivity (Wildman–Crippen MR) is 87.7 cm³/mol. The SMILES string of the molecule is C=CCCCN(C)C(=NCc1ccnc(OC)c1)NCC. The zero-order valence-electron chi connectivity index (χ0n) is 13.3. The van der Waals surface area contributed by atoms with Crippen LogP contribution in [0.2, 0.25) is 0 Å². The average Bonchev–Trinajstić information content (AvgIpc) is 2.51. The summed E-state index contributed by atoms with van der Waals surface area (Å²) in [5.74, 6) is 1.53. The van der Waals surface area contributed by atoms with Gasteiger partial charge in [-0.05, 0) is 31.4 Å². The van der Waals surface area contributed by atoms with Crippen LogP contribution in [-0.4, -0.2) is 43.1 Å². The standard InChI is InChI=1S/C16H26N4O/c1-5-7-8-11-20(3)16(17-6-2)19-13-14-9-10-18-15(12-14)21-4/h5,9-10,12H,1,6-8,11,13H2,2-4H3,(H,17,19). The minimum atomic E-state index is 0.604. The fourth-order valence-corrected chi connectivity index (χ4v) is 1.87. The van der Waals surface area contributed by atoms with Gasteiger partial charge in [0.2, 0.25) is 5.88 Å². The Kier molecular flexibility index (Phi) is 7.94. The lowest BCUT2D eigenvalue weighted by Gasteiger charge is -2.21. The molecule has 116 valence electrons. The normalized spacial score (nSPS) is 11.1. The summed E-state index contributed by atoms with van der Waals surface area (Å²) in [5.41, 5.74) is 1.08. The van der Waals surface area contributed by atoms with E-state index in [1.165, 1.54) is 0 Å². The molecule has 1 heterocycles. The van der Waals surface area contributed by atoms with Crippen LogP contribution in [0.4, 0.5) is 0 Å². The summed E-state index contributed by atoms with van der Waals surface area (Å²) < 4.78 is 5.13. The van der Waals surface area contributed by atoms with Crippen LogP contribution < -0.4 is 10.1 Å². The molecule has 5 nitrogen and oxygen atoms in total. The summed E-state index contributed by atoms with van der Waals surface area (Å²) in [5, 5.41) is 3.31. The Hall–Kier alpha value is -2.04. The van der Waals surface area contributed by atoms with Crippen LogP contribution in [0.15, 0.2) is 36.0 Å². The minimum Gasteiger partial charge on any atom is -0.481 e. The maximum absolute atomic E-state index is 5.13. The van der Waals surface area contributed by atoms with E-state index in [1.807, 2.05) is 18.2 Å². The van der Waals surface area contributed by atoms with Gasteiger partial charge < -0.3 is 15.0 Å². The van der Waals surface area contributed by atoms with E-state index in [0.29, 0.717) is 12.4 Å². The van der Waals surface area contributed by atoms with Crippen molar-refractivity contribution >= 4 is 5.96 Å². The number of allylic oxidation sites excluding steroid dienone is 1. The molecule has 21 heavy (non-hydrogen) atoms. The second-order valence-electron chi connectivity index (χ2n) is 4.73. The molecular weight excluding hydrogens is 264 g/mol. The molecule has 0 aliphatic heterocycles. The van der Waals surface area contributed by atoms with Gasteiger partial charge in [-0.15, -0.1) is 6.58 Å². The van der Waals surface area contributed by atoms with E-state index in [0.717, 1.165) is 37.5 Å². The first kappa shape index (κ1) is 17.0. The highest BCUT2D eigenvalue weighted by molar-refractivity contribution is 5.79. The van der Waals surface area contributed by atoms with Gasteiger partial charge >= 0.3 is 0 Å². The summed E-state index contributed by atoms with van der Waals surface area (Å²) in [6.45, 7) is 8.23. The van der Waals surface area contributed by atoms with E-state index >= 15 is 0 Å². The van der Waals surface area contributed by atoms with Crippen LogP contribution in [0.5, 0.6) is 5.88 Å². The topological polar surface area (TPSA) is 49.8 Å². The number of guanidine groups is 1. The number of pyridine rings is 1. The van der Waals surface area contributed by atoms with E-state index in [-0.39, 0.29) is 0 Å². The molecule has 0 aliphatic rings. The zero-order valence-corrected chi connectivity index (χ0v) is 13.3. The van der Waals surface area contributed by atoms with Crippen LogP contribution in [0.25, 0.3) is 0 Å². The largest absolute Gasteiger partial charge is 0.481 e. The monoisotopic (exact) mass is 290 g/mol. The molecule has 5 heteroatoms. The van der Waals surface area contributed by atoms with Crippen LogP contribution in [-0.2, 0) is 6.54 Å². The lowest BCUT2D eigenvalue weighted by molar-refractivity contribution is 0.397. The molecule has 1 aromatic heterocycles. The van der Waals surface area contributed by atoms with Gasteiger partial charge in [-0.3, -0.25) is 0 Å². The number of hydrogen-bond donors (Lipinski definition) is 1. The number of nitrogens with zero attached hydrogens (tertiary/aromatic N) is 3. The Morgan fingerprint density at radius 2 is 2.38 bits per heavy atom. The Balaban J connectivity index is 2.67. The third-order valence-electron chi connectivity index (χ3n) is 3.02. The third kappa shape index (κ3) is 6.29. The van der Waals surface area contributed by atoms with Gasteiger partial charge in [0.25, 0.3) is 0 Å². The summed E-state index contributed by atoms with van der Waals surface area (Å²) in [4.78, 5) is 10.9. The van der Waals surface area contributed by atoms with Gasteiger partial charge in [0.15, 0.2) is 5.96 Å². The molecule has 0 fully saturated rings. The van der Waals surface area contributed by atoms with Gasteiger partial charge in [0, 0.05) is 32.4 Å². The number of methoxy groups -OCH3 is 1. The third-order valence-corrected chi connectivity index (χ3v) is 3.02. The van der Waals surface area contributed by atoms with Gasteiger partial charge in [-0.25, -0.2) is 9.98 Å². The van der Waals surface area contributed by atoms with Gasteiger partial charge in [-0.2, -0.15) is 0 Å². The number of aromatic nitrogens is 1. The highest BCUT2D eigenvalue weighted by Gasteiger charge is 2.05. The van der Waals surface area contributed by atoms with Crippen molar-refractivity contribution in [2.24, 2.45) is 4.99 Å². The summed E-state index contributed by atoms with van der Waals surface area (Å²) in [6.07, 6.45) is 5.78. The van der Waals surface area contributed by atoms with Crippen molar-refractivity contribution in [2.45, 2.75) is 26.3 Å². The van der Waals surface area contributed by atoms with Crippen LogP contribution >= 0.6 is 0 Å². The second kappa shape index (κ2) is 9.80. The predicted octanol–water partition coefficient (Wildman–Crippen LogP) is 2.45. The quantitative estimate of drug-likeness (QED) is 0.346. The smallest absolute Gasteiger partial charge is 0.213 e. The highest BCUT2D eigenvalue weighted by atomic mass is 16.5. The Morgan fingerprint density at radius 1 is 1.57 bits per heavy atom. The first-order chi connectivity index (χ1) is 10.2. The lowest BCUT2D eigenvalue weighted by atomic mass is 10.3. The van der Waals surface area contributed by atoms with Crippen molar-refractivity contribution in [2.75, 3.05) is 27.2 Å². The number of unbranched alkanes of at least 4 members (excludes halogenated alkanes) is 1. The van der Waals surface area contributed by atoms with Crippen molar-refractivity contribution < 1.29 is 4.74 Å². The zero-order chi connectivity index (χ0) is 15.5. The summed E-state index contributed by atoms with van der Waals surface area (Å²) in [7, 11) is 3.67. The Bertz CT molecular complexity index is 459. The van der Waals surface area contributed by atoms with Crippen molar-refractivity contribution in [1.82, 2.24) is 15.2 Å². The van der Waals surface area contributed by atoms with Crippen LogP contribution in [0, 0.1) is 0 Å².